The molecule has 0 aromatic rings. The zero-order valence-electron chi connectivity index (χ0n) is 15.8. The van der Waals surface area contributed by atoms with Crippen LogP contribution in [0, 0.1) is 0 Å². The van der Waals surface area contributed by atoms with Crippen molar-refractivity contribution in [2.24, 2.45) is 10.9 Å². The first-order valence-corrected chi connectivity index (χ1v) is 9.03. The fourth-order valence-electron chi connectivity index (χ4n) is 1.86. The van der Waals surface area contributed by atoms with Crippen LogP contribution in [0.4, 0.5) is 0 Å². The van der Waals surface area contributed by atoms with Crippen LogP contribution in [0.15, 0.2) is 5.10 Å². The van der Waals surface area contributed by atoms with Crippen LogP contribution >= 0.6 is 12.4 Å². The standard InChI is InChI=1S/C10H20N2O2.C7H18N2.ClH/c1-3-4-5-6-7-8-11-12-9(2)10(13)14;1-2-3-4-5-6-7-9-8;/h11H,3-8H2,1-2H3,(H,13,14);9H,2-8H2,1H3;1H. The van der Waals surface area contributed by atoms with Crippen LogP contribution in [0.5, 0.6) is 0 Å². The number of unbranched alkanes of at least 4 members (excludes halogenated alkanes) is 8. The number of carboxylic acid groups (broad SMARTS) is 1. The van der Waals surface area contributed by atoms with Crippen molar-refractivity contribution >= 4 is 24.1 Å². The van der Waals surface area contributed by atoms with E-state index < -0.39 is 5.97 Å². The number of nitrogens with two attached hydrogens (primary N) is 1. The van der Waals surface area contributed by atoms with E-state index >= 15 is 0 Å². The Bertz CT molecular complexity index is 284. The van der Waals surface area contributed by atoms with E-state index in [-0.39, 0.29) is 18.1 Å². The molecule has 0 aliphatic carbocycles. The zero-order valence-corrected chi connectivity index (χ0v) is 16.6. The Kier molecular flexibility index (Phi) is 28.4. The molecule has 0 aliphatic rings. The van der Waals surface area contributed by atoms with Gasteiger partial charge < -0.3 is 10.5 Å². The number of hydrogen-bond acceptors (Lipinski definition) is 5. The molecule has 0 spiro atoms. The van der Waals surface area contributed by atoms with Crippen LogP contribution in [0.1, 0.15) is 85.0 Å². The fraction of sp³-hybridized carbons (Fsp3) is 0.882. The molecule has 0 aromatic carbocycles. The molecule has 0 atom stereocenters. The summed E-state index contributed by atoms with van der Waals surface area (Å²) in [6.07, 6.45) is 12.6. The molecule has 0 aromatic heterocycles. The summed E-state index contributed by atoms with van der Waals surface area (Å²) < 4.78 is 0. The number of carboxylic acids is 1. The molecule has 7 heteroatoms. The van der Waals surface area contributed by atoms with Gasteiger partial charge in [-0.25, -0.2) is 4.79 Å². The third-order valence-electron chi connectivity index (χ3n) is 3.37. The van der Waals surface area contributed by atoms with Crippen molar-refractivity contribution in [3.8, 4) is 0 Å². The maximum absolute atomic E-state index is 10.3. The third kappa shape index (κ3) is 26.1. The molecule has 0 heterocycles. The minimum absolute atomic E-state index is 0. The van der Waals surface area contributed by atoms with Crippen LogP contribution in [0.25, 0.3) is 0 Å². The predicted octanol–water partition coefficient (Wildman–Crippen LogP) is 3.85. The third-order valence-corrected chi connectivity index (χ3v) is 3.37. The number of hydrogen-bond donors (Lipinski definition) is 4. The van der Waals surface area contributed by atoms with Crippen LogP contribution in [-0.2, 0) is 4.79 Å². The summed E-state index contributed by atoms with van der Waals surface area (Å²) in [5, 5.41) is 12.2. The van der Waals surface area contributed by atoms with E-state index in [0.29, 0.717) is 0 Å². The lowest BCUT2D eigenvalue weighted by Crippen LogP contribution is -2.22. The average Bonchev–Trinajstić information content (AvgIpc) is 2.54. The first-order chi connectivity index (χ1) is 11.1. The van der Waals surface area contributed by atoms with Crippen molar-refractivity contribution in [3.05, 3.63) is 0 Å². The smallest absolute Gasteiger partial charge is 0.351 e. The van der Waals surface area contributed by atoms with Crippen LogP contribution in [-0.4, -0.2) is 29.9 Å². The van der Waals surface area contributed by atoms with Gasteiger partial charge in [0.1, 0.15) is 5.71 Å². The summed E-state index contributed by atoms with van der Waals surface area (Å²) in [6, 6.07) is 0. The molecule has 0 unspecified atom stereocenters. The summed E-state index contributed by atoms with van der Waals surface area (Å²) in [7, 11) is 0. The van der Waals surface area contributed by atoms with Crippen molar-refractivity contribution in [1.29, 1.82) is 0 Å². The number of rotatable bonds is 14. The molecule has 0 aliphatic heterocycles. The minimum atomic E-state index is -0.969. The van der Waals surface area contributed by atoms with E-state index in [0.717, 1.165) is 19.5 Å². The highest BCUT2D eigenvalue weighted by Crippen LogP contribution is 2.01. The Labute approximate surface area is 154 Å². The van der Waals surface area contributed by atoms with Gasteiger partial charge in [-0.1, -0.05) is 65.2 Å². The summed E-state index contributed by atoms with van der Waals surface area (Å²) in [6.45, 7) is 7.60. The van der Waals surface area contributed by atoms with Gasteiger partial charge in [-0.05, 0) is 19.8 Å². The highest BCUT2D eigenvalue weighted by Gasteiger charge is 1.99. The van der Waals surface area contributed by atoms with E-state index in [1.165, 1.54) is 64.7 Å². The lowest BCUT2D eigenvalue weighted by Gasteiger charge is -2.00. The molecule has 0 saturated carbocycles. The molecular weight excluding hydrogens is 328 g/mol. The van der Waals surface area contributed by atoms with Crippen molar-refractivity contribution in [2.75, 3.05) is 13.1 Å². The van der Waals surface area contributed by atoms with E-state index in [1.807, 2.05) is 0 Å². The van der Waals surface area contributed by atoms with Gasteiger partial charge in [0, 0.05) is 13.1 Å². The van der Waals surface area contributed by atoms with Gasteiger partial charge in [0.25, 0.3) is 0 Å². The minimum Gasteiger partial charge on any atom is -0.477 e. The van der Waals surface area contributed by atoms with Crippen LogP contribution in [0.3, 0.4) is 0 Å². The molecule has 0 fully saturated rings. The van der Waals surface area contributed by atoms with E-state index in [4.69, 9.17) is 10.9 Å². The molecule has 0 rings (SSSR count). The molecule has 0 radical (unpaired) electrons. The van der Waals surface area contributed by atoms with Crippen molar-refractivity contribution in [2.45, 2.75) is 85.0 Å². The maximum Gasteiger partial charge on any atom is 0.351 e. The Hall–Kier alpha value is -0.850. The van der Waals surface area contributed by atoms with Gasteiger partial charge >= 0.3 is 5.97 Å². The molecule has 6 nitrogen and oxygen atoms in total. The molecule has 0 amide bonds. The Morgan fingerprint density at radius 1 is 0.917 bits per heavy atom. The van der Waals surface area contributed by atoms with Crippen LogP contribution in [0.2, 0.25) is 0 Å². The first kappa shape index (κ1) is 28.0. The van der Waals surface area contributed by atoms with Gasteiger partial charge in [-0.15, -0.1) is 12.4 Å². The lowest BCUT2D eigenvalue weighted by molar-refractivity contribution is -0.129. The van der Waals surface area contributed by atoms with E-state index in [1.54, 1.807) is 0 Å². The molecular formula is C17H39ClN4O2. The van der Waals surface area contributed by atoms with Gasteiger partial charge in [0.15, 0.2) is 0 Å². The summed E-state index contributed by atoms with van der Waals surface area (Å²) in [5.41, 5.74) is 5.50. The normalized spacial score (nSPS) is 10.4. The number of hydrazone groups is 1. The molecule has 5 N–H and O–H groups in total. The number of aliphatic carboxylic acids is 1. The predicted molar refractivity (Wildman–Crippen MR) is 106 cm³/mol. The summed E-state index contributed by atoms with van der Waals surface area (Å²) in [5.74, 6) is 4.12. The largest absolute Gasteiger partial charge is 0.477 e. The number of hydrazine groups is 1. The zero-order chi connectivity index (χ0) is 17.8. The van der Waals surface area contributed by atoms with E-state index in [9.17, 15) is 4.79 Å². The summed E-state index contributed by atoms with van der Waals surface area (Å²) >= 11 is 0. The first-order valence-electron chi connectivity index (χ1n) is 9.03. The molecule has 0 bridgehead atoms. The topological polar surface area (TPSA) is 99.7 Å². The van der Waals surface area contributed by atoms with E-state index in [2.05, 4.69) is 29.8 Å². The SMILES string of the molecule is CCCCCCCNN.CCCCCCCNN=C(C)C(=O)O.Cl. The summed E-state index contributed by atoms with van der Waals surface area (Å²) in [4.78, 5) is 10.3. The quantitative estimate of drug-likeness (QED) is 0.162. The highest BCUT2D eigenvalue weighted by atomic mass is 35.5. The highest BCUT2D eigenvalue weighted by molar-refractivity contribution is 6.34. The number of nitrogens with zero attached hydrogens (tertiary/aromatic N) is 1. The molecule has 0 saturated heterocycles. The molecule has 24 heavy (non-hydrogen) atoms. The van der Waals surface area contributed by atoms with Crippen molar-refractivity contribution in [3.63, 3.8) is 0 Å². The Morgan fingerprint density at radius 2 is 1.38 bits per heavy atom. The average molecular weight is 367 g/mol. The van der Waals surface area contributed by atoms with Gasteiger partial charge in [-0.2, -0.15) is 5.10 Å². The van der Waals surface area contributed by atoms with Crippen LogP contribution < -0.4 is 16.7 Å². The lowest BCUT2D eigenvalue weighted by atomic mass is 10.2. The Balaban J connectivity index is -0.000000385. The second kappa shape index (κ2) is 24.4. The Morgan fingerprint density at radius 3 is 1.79 bits per heavy atom. The number of carbonyl (C=O) groups is 1. The van der Waals surface area contributed by atoms with Gasteiger partial charge in [0.05, 0.1) is 0 Å². The fourth-order valence-corrected chi connectivity index (χ4v) is 1.86. The number of halogens is 1. The maximum atomic E-state index is 10.3. The second-order valence-electron chi connectivity index (χ2n) is 5.69. The van der Waals surface area contributed by atoms with Gasteiger partial charge in [0.2, 0.25) is 0 Å². The van der Waals surface area contributed by atoms with Gasteiger partial charge in [-0.3, -0.25) is 11.3 Å². The van der Waals surface area contributed by atoms with Crippen molar-refractivity contribution in [1.82, 2.24) is 10.9 Å². The second-order valence-corrected chi connectivity index (χ2v) is 5.69. The number of nitrogens with one attached hydrogen (secondary N) is 2. The monoisotopic (exact) mass is 366 g/mol. The molecule has 146 valence electrons. The van der Waals surface area contributed by atoms with Crippen molar-refractivity contribution < 1.29 is 9.90 Å².